The summed E-state index contributed by atoms with van der Waals surface area (Å²) >= 11 is 0. The molecule has 0 aliphatic heterocycles. The van der Waals surface area contributed by atoms with E-state index in [1.807, 2.05) is 14.0 Å². The fourth-order valence-corrected chi connectivity index (χ4v) is 2.18. The van der Waals surface area contributed by atoms with Crippen molar-refractivity contribution in [3.05, 3.63) is 42.0 Å². The van der Waals surface area contributed by atoms with Crippen molar-refractivity contribution in [3.8, 4) is 5.75 Å². The number of benzene rings is 1. The maximum atomic E-state index is 12.1. The van der Waals surface area contributed by atoms with Crippen molar-refractivity contribution < 1.29 is 9.53 Å². The number of hydrogen-bond donors (Lipinski definition) is 3. The number of amides is 1. The van der Waals surface area contributed by atoms with Crippen molar-refractivity contribution in [1.82, 2.24) is 30.7 Å². The molecule has 0 saturated heterocycles. The molecular weight excluding hydrogens is 461 g/mol. The molecule has 1 aromatic heterocycles. The molecule has 0 aliphatic carbocycles. The number of nitrogens with one attached hydrogen (secondary N) is 3. The highest BCUT2D eigenvalue weighted by atomic mass is 127. The van der Waals surface area contributed by atoms with Gasteiger partial charge in [0.05, 0.1) is 7.11 Å². The largest absolute Gasteiger partial charge is 0.497 e. The molecule has 9 nitrogen and oxygen atoms in total. The van der Waals surface area contributed by atoms with E-state index in [1.165, 1.54) is 6.33 Å². The van der Waals surface area contributed by atoms with Crippen molar-refractivity contribution >= 4 is 35.8 Å². The number of hydrogen-bond acceptors (Lipinski definition) is 5. The molecule has 3 N–H and O–H groups in total. The van der Waals surface area contributed by atoms with Crippen LogP contribution in [0.15, 0.2) is 35.6 Å². The van der Waals surface area contributed by atoms with Crippen LogP contribution in [0.1, 0.15) is 23.1 Å². The minimum absolute atomic E-state index is 0. The zero-order valence-electron chi connectivity index (χ0n) is 15.7. The number of aromatic nitrogens is 3. The highest BCUT2D eigenvalue weighted by Crippen LogP contribution is 2.12. The second-order valence-electron chi connectivity index (χ2n) is 5.41. The van der Waals surface area contributed by atoms with E-state index in [-0.39, 0.29) is 29.9 Å². The van der Waals surface area contributed by atoms with Gasteiger partial charge >= 0.3 is 0 Å². The number of guanidine groups is 1. The summed E-state index contributed by atoms with van der Waals surface area (Å²) in [6.45, 7) is 4.15. The van der Waals surface area contributed by atoms with Gasteiger partial charge in [-0.25, -0.2) is 9.98 Å². The number of aryl methyl sites for hydroxylation is 1. The summed E-state index contributed by atoms with van der Waals surface area (Å²) in [5.74, 6) is 1.94. The van der Waals surface area contributed by atoms with Crippen LogP contribution in [0.4, 0.5) is 0 Å². The molecule has 148 valence electrons. The molecule has 1 heterocycles. The lowest BCUT2D eigenvalue weighted by molar-refractivity contribution is 0.0954. The first-order chi connectivity index (χ1) is 12.6. The van der Waals surface area contributed by atoms with Crippen LogP contribution in [0.25, 0.3) is 0 Å². The van der Waals surface area contributed by atoms with Crippen LogP contribution in [0, 0.1) is 0 Å². The SMILES string of the molecule is CCNC(=NCc1ncnn1C)NCCNC(=O)c1cccc(OC)c1.I. The second-order valence-corrected chi connectivity index (χ2v) is 5.41. The van der Waals surface area contributed by atoms with E-state index in [2.05, 4.69) is 31.0 Å². The zero-order valence-corrected chi connectivity index (χ0v) is 18.1. The van der Waals surface area contributed by atoms with Gasteiger partial charge in [0.2, 0.25) is 0 Å². The summed E-state index contributed by atoms with van der Waals surface area (Å²) in [6, 6.07) is 7.04. The van der Waals surface area contributed by atoms with Crippen LogP contribution >= 0.6 is 24.0 Å². The number of methoxy groups -OCH3 is 1. The third-order valence-electron chi connectivity index (χ3n) is 3.56. The first kappa shape index (κ1) is 22.7. The Labute approximate surface area is 176 Å². The van der Waals surface area contributed by atoms with Crippen LogP contribution in [0.3, 0.4) is 0 Å². The highest BCUT2D eigenvalue weighted by Gasteiger charge is 2.06. The minimum Gasteiger partial charge on any atom is -0.497 e. The lowest BCUT2D eigenvalue weighted by Crippen LogP contribution is -2.41. The summed E-state index contributed by atoms with van der Waals surface area (Å²) in [5, 5.41) is 13.2. The third-order valence-corrected chi connectivity index (χ3v) is 3.56. The molecule has 1 amide bonds. The van der Waals surface area contributed by atoms with Crippen molar-refractivity contribution in [2.24, 2.45) is 12.0 Å². The monoisotopic (exact) mass is 487 g/mol. The maximum absolute atomic E-state index is 12.1. The van der Waals surface area contributed by atoms with E-state index < -0.39 is 0 Å². The number of rotatable bonds is 8. The molecule has 27 heavy (non-hydrogen) atoms. The molecule has 0 radical (unpaired) electrons. The van der Waals surface area contributed by atoms with E-state index in [1.54, 1.807) is 36.1 Å². The molecule has 2 rings (SSSR count). The fourth-order valence-electron chi connectivity index (χ4n) is 2.18. The van der Waals surface area contributed by atoms with Crippen LogP contribution in [0.5, 0.6) is 5.75 Å². The number of ether oxygens (including phenoxy) is 1. The average molecular weight is 487 g/mol. The normalized spacial score (nSPS) is 10.7. The number of nitrogens with zero attached hydrogens (tertiary/aromatic N) is 4. The molecule has 0 fully saturated rings. The summed E-state index contributed by atoms with van der Waals surface area (Å²) in [5.41, 5.74) is 0.562. The molecule has 0 saturated carbocycles. The third kappa shape index (κ3) is 7.41. The van der Waals surface area contributed by atoms with Crippen LogP contribution in [-0.4, -0.2) is 53.4 Å². The van der Waals surface area contributed by atoms with E-state index in [0.29, 0.717) is 36.9 Å². The molecule has 0 atom stereocenters. The van der Waals surface area contributed by atoms with Gasteiger partial charge in [0.1, 0.15) is 24.4 Å². The van der Waals surface area contributed by atoms with Gasteiger partial charge in [-0.15, -0.1) is 24.0 Å². The van der Waals surface area contributed by atoms with E-state index in [9.17, 15) is 4.79 Å². The number of carbonyl (C=O) groups is 1. The topological polar surface area (TPSA) is 105 Å². The van der Waals surface area contributed by atoms with Gasteiger partial charge in [-0.3, -0.25) is 9.48 Å². The Balaban J connectivity index is 0.00000364. The van der Waals surface area contributed by atoms with Gasteiger partial charge in [-0.1, -0.05) is 6.07 Å². The molecule has 0 spiro atoms. The smallest absolute Gasteiger partial charge is 0.251 e. The minimum atomic E-state index is -0.147. The van der Waals surface area contributed by atoms with Crippen molar-refractivity contribution in [2.75, 3.05) is 26.7 Å². The molecule has 10 heteroatoms. The first-order valence-corrected chi connectivity index (χ1v) is 8.41. The first-order valence-electron chi connectivity index (χ1n) is 8.41. The Morgan fingerprint density at radius 3 is 2.70 bits per heavy atom. The van der Waals surface area contributed by atoms with Gasteiger partial charge in [0, 0.05) is 32.2 Å². The molecule has 1 aromatic carbocycles. The van der Waals surface area contributed by atoms with Crippen LogP contribution < -0.4 is 20.7 Å². The Kier molecular flexibility index (Phi) is 10.2. The standard InChI is InChI=1S/C17H25N7O2.HI/c1-4-18-17(21-11-15-22-12-23-24(15)2)20-9-8-19-16(25)13-6-5-7-14(10-13)26-3;/h5-7,10,12H,4,8-9,11H2,1-3H3,(H,19,25)(H2,18,20,21);1H. The number of halogens is 1. The van der Waals surface area contributed by atoms with Gasteiger partial charge in [0.25, 0.3) is 5.91 Å². The second kappa shape index (κ2) is 12.1. The summed E-state index contributed by atoms with van der Waals surface area (Å²) in [4.78, 5) is 20.7. The average Bonchev–Trinajstić information content (AvgIpc) is 3.07. The number of carbonyl (C=O) groups excluding carboxylic acids is 1. The van der Waals surface area contributed by atoms with Gasteiger partial charge < -0.3 is 20.7 Å². The fraction of sp³-hybridized carbons (Fsp3) is 0.412. The Bertz CT molecular complexity index is 748. The Morgan fingerprint density at radius 1 is 1.26 bits per heavy atom. The number of aliphatic imine (C=N–C) groups is 1. The Morgan fingerprint density at radius 2 is 2.04 bits per heavy atom. The zero-order chi connectivity index (χ0) is 18.8. The van der Waals surface area contributed by atoms with Gasteiger partial charge in [0.15, 0.2) is 5.96 Å². The van der Waals surface area contributed by atoms with Crippen molar-refractivity contribution in [1.29, 1.82) is 0 Å². The van der Waals surface area contributed by atoms with Crippen LogP contribution in [0.2, 0.25) is 0 Å². The summed E-state index contributed by atoms with van der Waals surface area (Å²) in [6.07, 6.45) is 1.50. The lowest BCUT2D eigenvalue weighted by Gasteiger charge is -2.12. The molecule has 0 unspecified atom stereocenters. The van der Waals surface area contributed by atoms with Crippen LogP contribution in [-0.2, 0) is 13.6 Å². The highest BCUT2D eigenvalue weighted by molar-refractivity contribution is 14.0. The molecule has 0 aliphatic rings. The summed E-state index contributed by atoms with van der Waals surface area (Å²) in [7, 11) is 3.40. The van der Waals surface area contributed by atoms with Gasteiger partial charge in [-0.05, 0) is 25.1 Å². The van der Waals surface area contributed by atoms with E-state index in [0.717, 1.165) is 12.4 Å². The maximum Gasteiger partial charge on any atom is 0.251 e. The van der Waals surface area contributed by atoms with Crippen molar-refractivity contribution in [2.45, 2.75) is 13.5 Å². The lowest BCUT2D eigenvalue weighted by atomic mass is 10.2. The van der Waals surface area contributed by atoms with Crippen molar-refractivity contribution in [3.63, 3.8) is 0 Å². The molecule has 0 bridgehead atoms. The predicted octanol–water partition coefficient (Wildman–Crippen LogP) is 0.927. The predicted molar refractivity (Wildman–Crippen MR) is 115 cm³/mol. The summed E-state index contributed by atoms with van der Waals surface area (Å²) < 4.78 is 6.81. The van der Waals surface area contributed by atoms with E-state index in [4.69, 9.17) is 4.74 Å². The molecular formula is C17H26IN7O2. The molecule has 2 aromatic rings. The quantitative estimate of drug-likeness (QED) is 0.222. The van der Waals surface area contributed by atoms with E-state index >= 15 is 0 Å². The van der Waals surface area contributed by atoms with Gasteiger partial charge in [-0.2, -0.15) is 5.10 Å². The Hall–Kier alpha value is -2.37.